The van der Waals surface area contributed by atoms with Crippen LogP contribution in [-0.2, 0) is 22.6 Å². The molecule has 1 unspecified atom stereocenters. The van der Waals surface area contributed by atoms with E-state index < -0.39 is 11.9 Å². The molecule has 1 amide bonds. The fourth-order valence-corrected chi connectivity index (χ4v) is 2.87. The van der Waals surface area contributed by atoms with E-state index in [1.807, 2.05) is 42.5 Å². The van der Waals surface area contributed by atoms with Crippen molar-refractivity contribution in [2.24, 2.45) is 5.92 Å². The fourth-order valence-electron chi connectivity index (χ4n) is 2.87. The molecule has 3 aromatic rings. The van der Waals surface area contributed by atoms with Crippen molar-refractivity contribution < 1.29 is 14.7 Å². The maximum Gasteiger partial charge on any atom is 0.308 e. The lowest BCUT2D eigenvalue weighted by atomic mass is 9.95. The van der Waals surface area contributed by atoms with E-state index in [-0.39, 0.29) is 18.9 Å². The number of aromatic nitrogens is 3. The maximum absolute atomic E-state index is 12.0. The van der Waals surface area contributed by atoms with Crippen LogP contribution >= 0.6 is 0 Å². The van der Waals surface area contributed by atoms with E-state index in [1.165, 1.54) is 12.7 Å². The van der Waals surface area contributed by atoms with Gasteiger partial charge < -0.3 is 10.4 Å². The van der Waals surface area contributed by atoms with Crippen molar-refractivity contribution in [2.45, 2.75) is 19.4 Å². The molecule has 0 saturated carbocycles. The Hall–Kier alpha value is -3.22. The normalized spacial score (nSPS) is 12.0. The molecule has 2 N–H and O–H groups in total. The van der Waals surface area contributed by atoms with Gasteiger partial charge in [0.15, 0.2) is 0 Å². The molecule has 0 aliphatic rings. The zero-order chi connectivity index (χ0) is 18.4. The summed E-state index contributed by atoms with van der Waals surface area (Å²) >= 11 is 0. The minimum Gasteiger partial charge on any atom is -0.481 e. The molecule has 134 valence electrons. The maximum atomic E-state index is 12.0. The van der Waals surface area contributed by atoms with Crippen molar-refractivity contribution in [3.05, 3.63) is 60.7 Å². The van der Waals surface area contributed by atoms with E-state index in [0.29, 0.717) is 13.0 Å². The second-order valence-electron chi connectivity index (χ2n) is 6.09. The molecular formula is C19H20N4O3. The number of nitrogens with zero attached hydrogens (tertiary/aromatic N) is 3. The van der Waals surface area contributed by atoms with Crippen LogP contribution in [0.3, 0.4) is 0 Å². The molecule has 26 heavy (non-hydrogen) atoms. The average Bonchev–Trinajstić information content (AvgIpc) is 3.17. The highest BCUT2D eigenvalue weighted by Crippen LogP contribution is 2.21. The molecule has 1 heterocycles. The van der Waals surface area contributed by atoms with Gasteiger partial charge in [0.1, 0.15) is 12.7 Å². The van der Waals surface area contributed by atoms with Crippen LogP contribution in [0.4, 0.5) is 0 Å². The molecule has 7 nitrogen and oxygen atoms in total. The second kappa shape index (κ2) is 8.24. The number of carbonyl (C=O) groups is 2. The van der Waals surface area contributed by atoms with E-state index in [9.17, 15) is 14.7 Å². The number of aliphatic carboxylic acids is 1. The molecule has 0 fully saturated rings. The van der Waals surface area contributed by atoms with Crippen molar-refractivity contribution in [2.75, 3.05) is 6.54 Å². The number of fused-ring (bicyclic) bond motifs is 1. The first-order valence-electron chi connectivity index (χ1n) is 8.42. The summed E-state index contributed by atoms with van der Waals surface area (Å²) in [5.41, 5.74) is 0.965. The summed E-state index contributed by atoms with van der Waals surface area (Å²) < 4.78 is 1.56. The molecule has 2 aromatic carbocycles. The summed E-state index contributed by atoms with van der Waals surface area (Å²) in [6.07, 6.45) is 3.53. The Balaban J connectivity index is 1.60. The minimum absolute atomic E-state index is 0.0920. The molecule has 0 spiro atoms. The third-order valence-electron chi connectivity index (χ3n) is 4.28. The molecule has 3 rings (SSSR count). The lowest BCUT2D eigenvalue weighted by molar-refractivity contribution is -0.141. The van der Waals surface area contributed by atoms with Crippen LogP contribution < -0.4 is 5.32 Å². The van der Waals surface area contributed by atoms with Gasteiger partial charge in [0.2, 0.25) is 5.91 Å². The van der Waals surface area contributed by atoms with Gasteiger partial charge in [-0.3, -0.25) is 14.3 Å². The summed E-state index contributed by atoms with van der Waals surface area (Å²) in [7, 11) is 0. The van der Waals surface area contributed by atoms with Crippen molar-refractivity contribution >= 4 is 22.6 Å². The van der Waals surface area contributed by atoms with Crippen LogP contribution in [-0.4, -0.2) is 38.3 Å². The van der Waals surface area contributed by atoms with E-state index in [2.05, 4.69) is 15.4 Å². The van der Waals surface area contributed by atoms with E-state index in [4.69, 9.17) is 0 Å². The monoisotopic (exact) mass is 352 g/mol. The summed E-state index contributed by atoms with van der Waals surface area (Å²) in [5.74, 6) is -1.81. The number of hydrogen-bond donors (Lipinski definition) is 2. The first kappa shape index (κ1) is 17.6. The SMILES string of the molecule is O=C(CCn1cncn1)NCC(Cc1cccc2ccccc12)C(=O)O. The Morgan fingerprint density at radius 1 is 1.15 bits per heavy atom. The predicted molar refractivity (Wildman–Crippen MR) is 96.4 cm³/mol. The van der Waals surface area contributed by atoms with Crippen molar-refractivity contribution in [1.29, 1.82) is 0 Å². The number of rotatable bonds is 8. The molecule has 1 atom stereocenters. The quantitative estimate of drug-likeness (QED) is 0.645. The largest absolute Gasteiger partial charge is 0.481 e. The van der Waals surface area contributed by atoms with Crippen LogP contribution in [0, 0.1) is 5.92 Å². The Labute approximate surface area is 150 Å². The number of benzene rings is 2. The third-order valence-corrected chi connectivity index (χ3v) is 4.28. The fraction of sp³-hybridized carbons (Fsp3) is 0.263. The van der Waals surface area contributed by atoms with Gasteiger partial charge in [-0.25, -0.2) is 4.98 Å². The second-order valence-corrected chi connectivity index (χ2v) is 6.09. The summed E-state index contributed by atoms with van der Waals surface area (Å²) in [5, 5.41) is 18.3. The van der Waals surface area contributed by atoms with Gasteiger partial charge in [-0.1, -0.05) is 42.5 Å². The van der Waals surface area contributed by atoms with E-state index in [1.54, 1.807) is 4.68 Å². The third kappa shape index (κ3) is 4.44. The topological polar surface area (TPSA) is 97.1 Å². The van der Waals surface area contributed by atoms with Crippen molar-refractivity contribution in [3.8, 4) is 0 Å². The van der Waals surface area contributed by atoms with Crippen LogP contribution in [0.2, 0.25) is 0 Å². The summed E-state index contributed by atoms with van der Waals surface area (Å²) in [4.78, 5) is 27.4. The zero-order valence-corrected chi connectivity index (χ0v) is 14.2. The van der Waals surface area contributed by atoms with Crippen LogP contribution in [0.1, 0.15) is 12.0 Å². The van der Waals surface area contributed by atoms with E-state index in [0.717, 1.165) is 16.3 Å². The molecule has 0 aliphatic carbocycles. The highest BCUT2D eigenvalue weighted by Gasteiger charge is 2.20. The number of carboxylic acids is 1. The Morgan fingerprint density at radius 3 is 2.73 bits per heavy atom. The van der Waals surface area contributed by atoms with Crippen LogP contribution in [0.5, 0.6) is 0 Å². The molecule has 1 aromatic heterocycles. The number of carbonyl (C=O) groups excluding carboxylic acids is 1. The first-order valence-corrected chi connectivity index (χ1v) is 8.42. The number of hydrogen-bond acceptors (Lipinski definition) is 4. The van der Waals surface area contributed by atoms with Crippen molar-refractivity contribution in [1.82, 2.24) is 20.1 Å². The first-order chi connectivity index (χ1) is 12.6. The molecule has 0 bridgehead atoms. The lowest BCUT2D eigenvalue weighted by Gasteiger charge is -2.15. The van der Waals surface area contributed by atoms with Gasteiger partial charge in [-0.2, -0.15) is 5.10 Å². The Morgan fingerprint density at radius 2 is 1.96 bits per heavy atom. The molecule has 0 saturated heterocycles. The highest BCUT2D eigenvalue weighted by atomic mass is 16.4. The summed E-state index contributed by atoms with van der Waals surface area (Å²) in [6, 6.07) is 13.7. The predicted octanol–water partition coefficient (Wildman–Crippen LogP) is 1.88. The average molecular weight is 352 g/mol. The number of aryl methyl sites for hydroxylation is 1. The summed E-state index contributed by atoms with van der Waals surface area (Å²) in [6.45, 7) is 0.502. The standard InChI is InChI=1S/C19H20N4O3/c24-18(8-9-23-13-20-12-22-23)21-11-16(19(25)26)10-15-6-3-5-14-4-1-2-7-17(14)15/h1-7,12-13,16H,8-11H2,(H,21,24)(H,25,26). The molecule has 0 radical (unpaired) electrons. The van der Waals surface area contributed by atoms with Crippen molar-refractivity contribution in [3.63, 3.8) is 0 Å². The number of carboxylic acid groups (broad SMARTS) is 1. The zero-order valence-electron chi connectivity index (χ0n) is 14.2. The molecule has 0 aliphatic heterocycles. The Kier molecular flexibility index (Phi) is 5.58. The molecule has 7 heteroatoms. The lowest BCUT2D eigenvalue weighted by Crippen LogP contribution is -2.34. The smallest absolute Gasteiger partial charge is 0.308 e. The van der Waals surface area contributed by atoms with Gasteiger partial charge in [0.25, 0.3) is 0 Å². The van der Waals surface area contributed by atoms with E-state index >= 15 is 0 Å². The van der Waals surface area contributed by atoms with Gasteiger partial charge in [-0.15, -0.1) is 0 Å². The number of nitrogens with one attached hydrogen (secondary N) is 1. The van der Waals surface area contributed by atoms with Gasteiger partial charge in [-0.05, 0) is 22.8 Å². The molecular weight excluding hydrogens is 332 g/mol. The minimum atomic E-state index is -0.922. The van der Waals surface area contributed by atoms with Gasteiger partial charge in [0, 0.05) is 13.0 Å². The highest BCUT2D eigenvalue weighted by molar-refractivity contribution is 5.86. The Bertz CT molecular complexity index is 887. The van der Waals surface area contributed by atoms with Crippen LogP contribution in [0.15, 0.2) is 55.1 Å². The van der Waals surface area contributed by atoms with Gasteiger partial charge >= 0.3 is 5.97 Å². The number of amides is 1. The van der Waals surface area contributed by atoms with Gasteiger partial charge in [0.05, 0.1) is 12.5 Å². The van der Waals surface area contributed by atoms with Crippen LogP contribution in [0.25, 0.3) is 10.8 Å².